The molecule has 130 valence electrons. The summed E-state index contributed by atoms with van der Waals surface area (Å²) in [6.07, 6.45) is -0.0946. The minimum atomic E-state index is -0.569. The van der Waals surface area contributed by atoms with Gasteiger partial charge < -0.3 is 10.1 Å². The molecule has 0 aromatic heterocycles. The fourth-order valence-corrected chi connectivity index (χ4v) is 2.19. The highest BCUT2D eigenvalue weighted by Gasteiger charge is 2.36. The summed E-state index contributed by atoms with van der Waals surface area (Å²) >= 11 is 0. The zero-order valence-electron chi connectivity index (χ0n) is 14.3. The van der Waals surface area contributed by atoms with E-state index in [9.17, 15) is 14.4 Å². The number of alkyl carbamates (subject to hydrolysis) is 1. The first-order valence-corrected chi connectivity index (χ1v) is 7.79. The van der Waals surface area contributed by atoms with Crippen LogP contribution in [0.5, 0.6) is 0 Å². The first-order valence-electron chi connectivity index (χ1n) is 7.79. The minimum absolute atomic E-state index is 0.114. The van der Waals surface area contributed by atoms with E-state index in [2.05, 4.69) is 5.32 Å². The number of hydrogen-bond donors (Lipinski definition) is 1. The van der Waals surface area contributed by atoms with E-state index in [1.54, 1.807) is 52.0 Å². The smallest absolute Gasteiger partial charge is 0.407 e. The van der Waals surface area contributed by atoms with E-state index in [-0.39, 0.29) is 12.6 Å². The highest BCUT2D eigenvalue weighted by Crippen LogP contribution is 2.22. The van der Waals surface area contributed by atoms with Crippen LogP contribution in [0.2, 0.25) is 0 Å². The van der Waals surface area contributed by atoms with Crippen LogP contribution >= 0.6 is 0 Å². The van der Waals surface area contributed by atoms with Crippen molar-refractivity contribution in [2.75, 3.05) is 6.61 Å². The molecule has 7 nitrogen and oxygen atoms in total. The summed E-state index contributed by atoms with van der Waals surface area (Å²) in [4.78, 5) is 41.2. The number of hydroxylamine groups is 2. The molecule has 0 saturated heterocycles. The largest absolute Gasteiger partial charge is 0.444 e. The first-order chi connectivity index (χ1) is 11.2. The maximum absolute atomic E-state index is 12.1. The van der Waals surface area contributed by atoms with Crippen LogP contribution in [-0.4, -0.2) is 41.2 Å². The average molecular weight is 334 g/mol. The molecule has 1 aliphatic heterocycles. The number of amides is 3. The summed E-state index contributed by atoms with van der Waals surface area (Å²) in [5.41, 5.74) is 0.102. The van der Waals surface area contributed by atoms with Gasteiger partial charge >= 0.3 is 6.09 Å². The monoisotopic (exact) mass is 334 g/mol. The SMILES string of the molecule is CC(CCON1C(=O)c2ccccc2C1=O)NC(=O)OC(C)(C)C. The van der Waals surface area contributed by atoms with E-state index in [0.29, 0.717) is 17.5 Å². The van der Waals surface area contributed by atoms with Gasteiger partial charge in [0.25, 0.3) is 11.8 Å². The van der Waals surface area contributed by atoms with Crippen LogP contribution in [0.15, 0.2) is 24.3 Å². The lowest BCUT2D eigenvalue weighted by Gasteiger charge is -2.22. The van der Waals surface area contributed by atoms with E-state index >= 15 is 0 Å². The maximum Gasteiger partial charge on any atom is 0.407 e. The van der Waals surface area contributed by atoms with E-state index in [0.717, 1.165) is 5.06 Å². The molecular formula is C17H22N2O5. The molecule has 1 aromatic carbocycles. The number of fused-ring (bicyclic) bond motifs is 1. The van der Waals surface area contributed by atoms with Gasteiger partial charge in [-0.2, -0.15) is 0 Å². The Kier molecular flexibility index (Phi) is 5.23. The Bertz CT molecular complexity index is 616. The van der Waals surface area contributed by atoms with E-state index in [4.69, 9.17) is 9.57 Å². The fraction of sp³-hybridized carbons (Fsp3) is 0.471. The van der Waals surface area contributed by atoms with Crippen molar-refractivity contribution in [3.8, 4) is 0 Å². The van der Waals surface area contributed by atoms with Crippen LogP contribution in [0.25, 0.3) is 0 Å². The van der Waals surface area contributed by atoms with Crippen LogP contribution in [-0.2, 0) is 9.57 Å². The summed E-state index contributed by atoms with van der Waals surface area (Å²) in [6, 6.07) is 6.34. The molecule has 1 N–H and O–H groups in total. The van der Waals surface area contributed by atoms with E-state index in [1.165, 1.54) is 0 Å². The van der Waals surface area contributed by atoms with Gasteiger partial charge in [-0.25, -0.2) is 4.79 Å². The number of carbonyl (C=O) groups is 3. The van der Waals surface area contributed by atoms with Crippen molar-refractivity contribution in [2.24, 2.45) is 0 Å². The summed E-state index contributed by atoms with van der Waals surface area (Å²) in [5.74, 6) is -0.938. The van der Waals surface area contributed by atoms with Crippen molar-refractivity contribution < 1.29 is 24.0 Å². The third-order valence-electron chi connectivity index (χ3n) is 3.29. The van der Waals surface area contributed by atoms with Gasteiger partial charge in [0.15, 0.2) is 0 Å². The molecule has 1 atom stereocenters. The third kappa shape index (κ3) is 4.32. The maximum atomic E-state index is 12.1. The molecule has 1 heterocycles. The molecule has 7 heteroatoms. The van der Waals surface area contributed by atoms with Crippen molar-refractivity contribution in [2.45, 2.75) is 45.8 Å². The Hall–Kier alpha value is -2.41. The van der Waals surface area contributed by atoms with Gasteiger partial charge in [-0.3, -0.25) is 14.4 Å². The Labute approximate surface area is 140 Å². The fourth-order valence-electron chi connectivity index (χ4n) is 2.19. The van der Waals surface area contributed by atoms with Crippen molar-refractivity contribution in [1.29, 1.82) is 0 Å². The lowest BCUT2D eigenvalue weighted by molar-refractivity contribution is -0.0933. The van der Waals surface area contributed by atoms with Gasteiger partial charge in [-0.15, -0.1) is 5.06 Å². The molecular weight excluding hydrogens is 312 g/mol. The summed E-state index contributed by atoms with van der Waals surface area (Å²) in [7, 11) is 0. The van der Waals surface area contributed by atoms with Crippen molar-refractivity contribution in [3.63, 3.8) is 0 Å². The van der Waals surface area contributed by atoms with E-state index < -0.39 is 23.5 Å². The molecule has 0 spiro atoms. The van der Waals surface area contributed by atoms with Gasteiger partial charge in [0.05, 0.1) is 17.7 Å². The Balaban J connectivity index is 1.80. The van der Waals surface area contributed by atoms with Crippen LogP contribution < -0.4 is 5.32 Å². The number of ether oxygens (including phenoxy) is 1. The molecule has 0 fully saturated rings. The Morgan fingerprint density at radius 2 is 1.71 bits per heavy atom. The minimum Gasteiger partial charge on any atom is -0.444 e. The standard InChI is InChI=1S/C17H22N2O5/c1-11(18-16(22)24-17(2,3)4)9-10-23-19-14(20)12-7-5-6-8-13(12)15(19)21/h5-8,11H,9-10H2,1-4H3,(H,18,22). The number of nitrogens with zero attached hydrogens (tertiary/aromatic N) is 1. The molecule has 0 aliphatic carbocycles. The van der Waals surface area contributed by atoms with Crippen LogP contribution in [0.4, 0.5) is 4.79 Å². The quantitative estimate of drug-likeness (QED) is 0.836. The van der Waals surface area contributed by atoms with Crippen molar-refractivity contribution in [3.05, 3.63) is 35.4 Å². The van der Waals surface area contributed by atoms with Crippen molar-refractivity contribution in [1.82, 2.24) is 10.4 Å². The van der Waals surface area contributed by atoms with E-state index in [1.807, 2.05) is 0 Å². The molecule has 1 aliphatic rings. The zero-order valence-corrected chi connectivity index (χ0v) is 14.3. The molecule has 0 radical (unpaired) electrons. The molecule has 0 bridgehead atoms. The molecule has 2 rings (SSSR count). The molecule has 1 unspecified atom stereocenters. The lowest BCUT2D eigenvalue weighted by Crippen LogP contribution is -2.39. The molecule has 3 amide bonds. The highest BCUT2D eigenvalue weighted by atomic mass is 16.7. The van der Waals surface area contributed by atoms with Crippen LogP contribution in [0, 0.1) is 0 Å². The van der Waals surface area contributed by atoms with Gasteiger partial charge in [0.2, 0.25) is 0 Å². The van der Waals surface area contributed by atoms with Crippen molar-refractivity contribution >= 4 is 17.9 Å². The number of nitrogens with one attached hydrogen (secondary N) is 1. The predicted octanol–water partition coefficient (Wildman–Crippen LogP) is 2.52. The number of rotatable bonds is 5. The van der Waals surface area contributed by atoms with Gasteiger partial charge in [0.1, 0.15) is 5.60 Å². The third-order valence-corrected chi connectivity index (χ3v) is 3.29. The summed E-state index contributed by atoms with van der Waals surface area (Å²) in [6.45, 7) is 7.24. The van der Waals surface area contributed by atoms with Crippen LogP contribution in [0.3, 0.4) is 0 Å². The van der Waals surface area contributed by atoms with Crippen LogP contribution in [0.1, 0.15) is 54.8 Å². The number of carbonyl (C=O) groups excluding carboxylic acids is 3. The Morgan fingerprint density at radius 1 is 1.17 bits per heavy atom. The normalized spacial score (nSPS) is 15.2. The molecule has 24 heavy (non-hydrogen) atoms. The second-order valence-corrected chi connectivity index (χ2v) is 6.62. The Morgan fingerprint density at radius 3 is 2.21 bits per heavy atom. The molecule has 0 saturated carbocycles. The summed E-state index contributed by atoms with van der Waals surface area (Å²) in [5, 5.41) is 3.44. The predicted molar refractivity (Wildman–Crippen MR) is 86.3 cm³/mol. The molecule has 1 aromatic rings. The van der Waals surface area contributed by atoms with Gasteiger partial charge in [0, 0.05) is 6.04 Å². The summed E-state index contributed by atoms with van der Waals surface area (Å²) < 4.78 is 5.16. The number of hydrogen-bond acceptors (Lipinski definition) is 5. The highest BCUT2D eigenvalue weighted by molar-refractivity contribution is 6.20. The van der Waals surface area contributed by atoms with Gasteiger partial charge in [-0.05, 0) is 46.2 Å². The van der Waals surface area contributed by atoms with Gasteiger partial charge in [-0.1, -0.05) is 12.1 Å². The second-order valence-electron chi connectivity index (χ2n) is 6.62. The lowest BCUT2D eigenvalue weighted by atomic mass is 10.1. The zero-order chi connectivity index (χ0) is 17.9. The first kappa shape index (κ1) is 17.9. The second kappa shape index (κ2) is 7.00. The topological polar surface area (TPSA) is 84.9 Å². The number of benzene rings is 1. The average Bonchev–Trinajstić information content (AvgIpc) is 2.70. The number of imide groups is 1.